The summed E-state index contributed by atoms with van der Waals surface area (Å²) in [5.74, 6) is -1.09. The van der Waals surface area contributed by atoms with E-state index >= 15 is 0 Å². The monoisotopic (exact) mass is 715 g/mol. The van der Waals surface area contributed by atoms with Crippen LogP contribution >= 0.6 is 0 Å². The lowest BCUT2D eigenvalue weighted by atomic mass is 9.85. The quantitative estimate of drug-likeness (QED) is 0.131. The van der Waals surface area contributed by atoms with Gasteiger partial charge in [-0.05, 0) is 109 Å². The summed E-state index contributed by atoms with van der Waals surface area (Å²) in [6.07, 6.45) is 2.08. The van der Waals surface area contributed by atoms with Crippen LogP contribution in [0.25, 0.3) is 16.7 Å². The summed E-state index contributed by atoms with van der Waals surface area (Å²) in [4.78, 5) is 34.2. The average Bonchev–Trinajstić information content (AvgIpc) is 3.08. The summed E-state index contributed by atoms with van der Waals surface area (Å²) in [7, 11) is 0. The van der Waals surface area contributed by atoms with Crippen LogP contribution in [0, 0.1) is 0 Å². The Bertz CT molecular complexity index is 1930. The van der Waals surface area contributed by atoms with Crippen molar-refractivity contribution in [1.82, 2.24) is 5.32 Å². The Labute approximate surface area is 317 Å². The Morgan fingerprint density at radius 2 is 1.08 bits per heavy atom. The van der Waals surface area contributed by atoms with Crippen LogP contribution in [-0.2, 0) is 15.7 Å². The van der Waals surface area contributed by atoms with Crippen molar-refractivity contribution in [3.63, 3.8) is 0 Å². The molecule has 0 aliphatic carbocycles. The Kier molecular flexibility index (Phi) is 16.2. The standard InChI is InChI=1S/C20H22N2O3.C13H17NO.C13H18/c1-13(2)14-7-5-9-16(11-14)20(3,4)22-19(25)21-17-10-6-8-15(12-17)18(23)24;1-4-6-10(2)12-7-5-8-13(9-12)14-11(3)15;1-10(2)11-7-6-8-12(9-11)13(3,4)5/h5-12H,1H2,2-4H3,(H,23,24)(H2,21,22,25);5,7-9H,2,4,6H2,1,3H3,(H,14,15);6-9H,1H2,2-5H3. The lowest BCUT2D eigenvalue weighted by Gasteiger charge is -2.27. The normalized spacial score (nSPS) is 10.7. The van der Waals surface area contributed by atoms with E-state index in [0.717, 1.165) is 51.9 Å². The summed E-state index contributed by atoms with van der Waals surface area (Å²) < 4.78 is 0. The molecule has 280 valence electrons. The SMILES string of the molecule is C=C(C)c1cccc(C(C)(C)C)c1.C=C(C)c1cccc(C(C)(C)NC(=O)Nc2cccc(C(=O)O)c2)c1.C=C(CCC)c1cccc(NC(C)=O)c1. The summed E-state index contributed by atoms with van der Waals surface area (Å²) in [5, 5.41) is 17.4. The molecule has 0 aliphatic heterocycles. The molecule has 4 rings (SSSR count). The summed E-state index contributed by atoms with van der Waals surface area (Å²) in [6, 6.07) is 29.9. The fraction of sp³-hybridized carbons (Fsp3) is 0.283. The maximum absolute atomic E-state index is 12.3. The van der Waals surface area contributed by atoms with Gasteiger partial charge in [0.1, 0.15) is 0 Å². The van der Waals surface area contributed by atoms with Crippen molar-refractivity contribution < 1.29 is 19.5 Å². The molecule has 0 atom stereocenters. The van der Waals surface area contributed by atoms with Crippen molar-refractivity contribution in [3.05, 3.63) is 150 Å². The number of allylic oxidation sites excluding steroid dienone is 3. The van der Waals surface area contributed by atoms with E-state index in [1.54, 1.807) is 12.1 Å². The van der Waals surface area contributed by atoms with E-state index in [1.807, 2.05) is 76.2 Å². The summed E-state index contributed by atoms with van der Waals surface area (Å²) in [6.45, 7) is 30.0. The molecule has 0 aromatic heterocycles. The van der Waals surface area contributed by atoms with E-state index in [-0.39, 0.29) is 16.9 Å². The fourth-order valence-corrected chi connectivity index (χ4v) is 5.14. The number of carbonyl (C=O) groups excluding carboxylic acids is 2. The Hall–Kier alpha value is -5.69. The second kappa shape index (κ2) is 19.8. The second-order valence-corrected chi connectivity index (χ2v) is 14.7. The molecule has 0 unspecified atom stereocenters. The molecule has 0 fully saturated rings. The number of benzene rings is 4. The fourth-order valence-electron chi connectivity index (χ4n) is 5.14. The average molecular weight is 716 g/mol. The van der Waals surface area contributed by atoms with Crippen LogP contribution in [0.1, 0.15) is 113 Å². The van der Waals surface area contributed by atoms with Gasteiger partial charge >= 0.3 is 12.0 Å². The van der Waals surface area contributed by atoms with Crippen molar-refractivity contribution in [2.75, 3.05) is 10.6 Å². The molecule has 0 aliphatic rings. The molecule has 7 heteroatoms. The number of nitrogens with one attached hydrogen (secondary N) is 3. The van der Waals surface area contributed by atoms with E-state index in [9.17, 15) is 14.4 Å². The van der Waals surface area contributed by atoms with Crippen LogP contribution in [0.3, 0.4) is 0 Å². The highest BCUT2D eigenvalue weighted by atomic mass is 16.4. The third kappa shape index (κ3) is 14.8. The summed E-state index contributed by atoms with van der Waals surface area (Å²) >= 11 is 0. The van der Waals surface area contributed by atoms with E-state index in [0.29, 0.717) is 5.69 Å². The van der Waals surface area contributed by atoms with Gasteiger partial charge in [-0.3, -0.25) is 4.79 Å². The first-order valence-electron chi connectivity index (χ1n) is 17.7. The van der Waals surface area contributed by atoms with E-state index in [1.165, 1.54) is 30.2 Å². The smallest absolute Gasteiger partial charge is 0.335 e. The highest BCUT2D eigenvalue weighted by molar-refractivity contribution is 5.93. The molecule has 4 aromatic carbocycles. The Morgan fingerprint density at radius 1 is 0.623 bits per heavy atom. The van der Waals surface area contributed by atoms with Crippen LogP contribution in [0.4, 0.5) is 16.2 Å². The molecular formula is C46H57N3O4. The zero-order valence-electron chi connectivity index (χ0n) is 32.9. The number of hydrogen-bond donors (Lipinski definition) is 4. The highest BCUT2D eigenvalue weighted by Gasteiger charge is 2.23. The lowest BCUT2D eigenvalue weighted by molar-refractivity contribution is -0.114. The number of carboxylic acids is 1. The number of carbonyl (C=O) groups is 3. The Morgan fingerprint density at radius 3 is 1.57 bits per heavy atom. The lowest BCUT2D eigenvalue weighted by Crippen LogP contribution is -2.43. The molecule has 0 saturated carbocycles. The van der Waals surface area contributed by atoms with Crippen LogP contribution < -0.4 is 16.0 Å². The molecule has 53 heavy (non-hydrogen) atoms. The van der Waals surface area contributed by atoms with Gasteiger partial charge in [-0.25, -0.2) is 9.59 Å². The number of carboxylic acid groups (broad SMARTS) is 1. The largest absolute Gasteiger partial charge is 0.478 e. The second-order valence-electron chi connectivity index (χ2n) is 14.7. The van der Waals surface area contributed by atoms with Gasteiger partial charge in [-0.2, -0.15) is 0 Å². The van der Waals surface area contributed by atoms with Gasteiger partial charge in [0.2, 0.25) is 5.91 Å². The van der Waals surface area contributed by atoms with Crippen molar-refractivity contribution in [1.29, 1.82) is 0 Å². The number of rotatable bonds is 10. The molecule has 0 radical (unpaired) electrons. The molecular weight excluding hydrogens is 659 g/mol. The van der Waals surface area contributed by atoms with E-state index < -0.39 is 17.5 Å². The van der Waals surface area contributed by atoms with Crippen molar-refractivity contribution in [3.8, 4) is 0 Å². The topological polar surface area (TPSA) is 108 Å². The number of amides is 3. The van der Waals surface area contributed by atoms with Gasteiger partial charge in [0.15, 0.2) is 0 Å². The minimum atomic E-state index is -1.04. The minimum Gasteiger partial charge on any atom is -0.478 e. The Balaban J connectivity index is 0.000000297. The van der Waals surface area contributed by atoms with Crippen LogP contribution in [0.2, 0.25) is 0 Å². The molecule has 0 heterocycles. The summed E-state index contributed by atoms with van der Waals surface area (Å²) in [5.41, 5.74) is 9.86. The predicted octanol–water partition coefficient (Wildman–Crippen LogP) is 12.0. The first-order chi connectivity index (χ1) is 24.7. The number of hydrogen-bond acceptors (Lipinski definition) is 3. The van der Waals surface area contributed by atoms with Gasteiger partial charge in [0.05, 0.1) is 11.1 Å². The zero-order valence-corrected chi connectivity index (χ0v) is 32.9. The van der Waals surface area contributed by atoms with Crippen LogP contribution in [0.15, 0.2) is 117 Å². The highest BCUT2D eigenvalue weighted by Crippen LogP contribution is 2.26. The molecule has 7 nitrogen and oxygen atoms in total. The van der Waals surface area contributed by atoms with Crippen molar-refractivity contribution >= 4 is 46.0 Å². The maximum Gasteiger partial charge on any atom is 0.335 e. The first-order valence-corrected chi connectivity index (χ1v) is 17.7. The number of urea groups is 1. The molecule has 0 spiro atoms. The van der Waals surface area contributed by atoms with E-state index in [2.05, 4.69) is 87.6 Å². The van der Waals surface area contributed by atoms with Crippen LogP contribution in [0.5, 0.6) is 0 Å². The zero-order chi connectivity index (χ0) is 39.9. The van der Waals surface area contributed by atoms with E-state index in [4.69, 9.17) is 5.11 Å². The molecule has 4 N–H and O–H groups in total. The van der Waals surface area contributed by atoms with Gasteiger partial charge in [-0.1, -0.05) is 126 Å². The molecule has 0 saturated heterocycles. The number of anilines is 2. The third-order valence-electron chi connectivity index (χ3n) is 8.23. The first kappa shape index (κ1) is 43.5. The number of aromatic carboxylic acids is 1. The van der Waals surface area contributed by atoms with Crippen molar-refractivity contribution in [2.24, 2.45) is 0 Å². The predicted molar refractivity (Wildman–Crippen MR) is 224 cm³/mol. The molecule has 4 aromatic rings. The van der Waals surface area contributed by atoms with Crippen LogP contribution in [-0.4, -0.2) is 23.0 Å². The molecule has 0 bridgehead atoms. The van der Waals surface area contributed by atoms with Gasteiger partial charge in [0, 0.05) is 18.3 Å². The minimum absolute atomic E-state index is 0.0479. The van der Waals surface area contributed by atoms with Crippen molar-refractivity contribution in [2.45, 2.75) is 86.1 Å². The third-order valence-corrected chi connectivity index (χ3v) is 8.23. The molecule has 3 amide bonds. The maximum atomic E-state index is 12.3. The van der Waals surface area contributed by atoms with Gasteiger partial charge in [-0.15, -0.1) is 0 Å². The van der Waals surface area contributed by atoms with Gasteiger partial charge < -0.3 is 21.1 Å². The van der Waals surface area contributed by atoms with Gasteiger partial charge in [0.25, 0.3) is 0 Å².